The molecule has 4 aromatic rings. The van der Waals surface area contributed by atoms with Crippen LogP contribution in [0.3, 0.4) is 0 Å². The van der Waals surface area contributed by atoms with E-state index in [1.807, 2.05) is 18.2 Å². The van der Waals surface area contributed by atoms with Crippen LogP contribution < -0.4 is 10.9 Å². The second-order valence-electron chi connectivity index (χ2n) is 6.08. The van der Waals surface area contributed by atoms with Crippen LogP contribution in [0.15, 0.2) is 71.9 Å². The first-order valence-electron chi connectivity index (χ1n) is 8.53. The minimum absolute atomic E-state index is 0.230. The maximum atomic E-state index is 12.8. The number of pyridine rings is 3. The van der Waals surface area contributed by atoms with Crippen LogP contribution in [0.5, 0.6) is 0 Å². The van der Waals surface area contributed by atoms with E-state index in [4.69, 9.17) is 0 Å². The fourth-order valence-electron chi connectivity index (χ4n) is 2.78. The highest BCUT2D eigenvalue weighted by atomic mass is 16.2. The molecule has 0 saturated heterocycles. The summed E-state index contributed by atoms with van der Waals surface area (Å²) in [7, 11) is 1.77. The van der Waals surface area contributed by atoms with Crippen molar-refractivity contribution in [2.45, 2.75) is 0 Å². The van der Waals surface area contributed by atoms with Gasteiger partial charge in [-0.3, -0.25) is 19.3 Å². The van der Waals surface area contributed by atoms with Gasteiger partial charge in [-0.15, -0.1) is 0 Å². The number of hydrogen-bond donors (Lipinski definition) is 2. The molecule has 1 amide bonds. The van der Waals surface area contributed by atoms with Gasteiger partial charge >= 0.3 is 0 Å². The zero-order valence-electron chi connectivity index (χ0n) is 15.0. The number of anilines is 1. The van der Waals surface area contributed by atoms with Crippen molar-refractivity contribution >= 4 is 11.6 Å². The van der Waals surface area contributed by atoms with Gasteiger partial charge in [-0.2, -0.15) is 5.10 Å². The smallest absolute Gasteiger partial charge is 0.274 e. The predicted octanol–water partition coefficient (Wildman–Crippen LogP) is 2.48. The SMILES string of the molecule is Cn1cc(NC(=O)c2cccc(-c3cc[nH]c(=O)c3)n2)c(-c2ccccn2)n1. The summed E-state index contributed by atoms with van der Waals surface area (Å²) in [6.45, 7) is 0. The van der Waals surface area contributed by atoms with E-state index in [-0.39, 0.29) is 17.2 Å². The number of H-pyrrole nitrogens is 1. The molecule has 0 atom stereocenters. The van der Waals surface area contributed by atoms with Gasteiger partial charge in [-0.1, -0.05) is 12.1 Å². The number of carbonyl (C=O) groups is 1. The van der Waals surface area contributed by atoms with Crippen LogP contribution in [0.1, 0.15) is 10.5 Å². The molecule has 0 radical (unpaired) electrons. The lowest BCUT2D eigenvalue weighted by atomic mass is 10.1. The van der Waals surface area contributed by atoms with Crippen molar-refractivity contribution in [3.8, 4) is 22.6 Å². The molecule has 4 aromatic heterocycles. The van der Waals surface area contributed by atoms with E-state index in [2.05, 4.69) is 25.4 Å². The van der Waals surface area contributed by atoms with E-state index in [9.17, 15) is 9.59 Å². The lowest BCUT2D eigenvalue weighted by molar-refractivity contribution is 0.102. The zero-order chi connectivity index (χ0) is 19.5. The van der Waals surface area contributed by atoms with Crippen LogP contribution in [0.4, 0.5) is 5.69 Å². The first-order chi connectivity index (χ1) is 13.6. The van der Waals surface area contributed by atoms with Gasteiger partial charge < -0.3 is 10.3 Å². The number of rotatable bonds is 4. The van der Waals surface area contributed by atoms with Gasteiger partial charge in [0.2, 0.25) is 5.56 Å². The fourth-order valence-corrected chi connectivity index (χ4v) is 2.78. The Morgan fingerprint density at radius 1 is 1.11 bits per heavy atom. The molecule has 4 rings (SSSR count). The Balaban J connectivity index is 1.64. The Kier molecular flexibility index (Phi) is 4.51. The molecular formula is C20H16N6O2. The molecule has 0 spiro atoms. The molecule has 8 heteroatoms. The van der Waals surface area contributed by atoms with E-state index in [1.165, 1.54) is 6.07 Å². The summed E-state index contributed by atoms with van der Waals surface area (Å²) in [6.07, 6.45) is 4.92. The number of nitrogens with zero attached hydrogens (tertiary/aromatic N) is 4. The van der Waals surface area contributed by atoms with Crippen molar-refractivity contribution < 1.29 is 4.79 Å². The second-order valence-corrected chi connectivity index (χ2v) is 6.08. The third-order valence-corrected chi connectivity index (χ3v) is 4.04. The second kappa shape index (κ2) is 7.28. The van der Waals surface area contributed by atoms with Gasteiger partial charge in [0.1, 0.15) is 11.4 Å². The Bertz CT molecular complexity index is 1200. The maximum Gasteiger partial charge on any atom is 0.274 e. The molecule has 0 aliphatic carbocycles. The fraction of sp³-hybridized carbons (Fsp3) is 0.0500. The quantitative estimate of drug-likeness (QED) is 0.572. The molecule has 8 nitrogen and oxygen atoms in total. The number of carbonyl (C=O) groups excluding carboxylic acids is 1. The highest BCUT2D eigenvalue weighted by Gasteiger charge is 2.16. The first kappa shape index (κ1) is 17.3. The van der Waals surface area contributed by atoms with E-state index < -0.39 is 0 Å². The van der Waals surface area contributed by atoms with Crippen LogP contribution in [0, 0.1) is 0 Å². The Hall–Kier alpha value is -4.07. The summed E-state index contributed by atoms with van der Waals surface area (Å²) in [5.41, 5.74) is 2.93. The Morgan fingerprint density at radius 2 is 1.96 bits per heavy atom. The summed E-state index contributed by atoms with van der Waals surface area (Å²) >= 11 is 0. The minimum atomic E-state index is -0.378. The molecule has 0 saturated carbocycles. The van der Waals surface area contributed by atoms with E-state index in [0.29, 0.717) is 28.3 Å². The standard InChI is InChI=1S/C20H16N6O2/c1-26-12-17(19(25-26)15-5-2-3-9-21-15)24-20(28)16-7-4-6-14(23-16)13-8-10-22-18(27)11-13/h2-12H,1H3,(H,22,27)(H,24,28). The van der Waals surface area contributed by atoms with E-state index in [0.717, 1.165) is 0 Å². The average molecular weight is 372 g/mol. The van der Waals surface area contributed by atoms with Crippen LogP contribution in [0.2, 0.25) is 0 Å². The third-order valence-electron chi connectivity index (χ3n) is 4.04. The van der Waals surface area contributed by atoms with Gasteiger partial charge in [-0.05, 0) is 30.3 Å². The van der Waals surface area contributed by atoms with Crippen molar-refractivity contribution in [3.63, 3.8) is 0 Å². The van der Waals surface area contributed by atoms with Gasteiger partial charge in [0.15, 0.2) is 0 Å². The molecular weight excluding hydrogens is 356 g/mol. The normalized spacial score (nSPS) is 10.6. The number of amides is 1. The maximum absolute atomic E-state index is 12.8. The van der Waals surface area contributed by atoms with Crippen LogP contribution in [0.25, 0.3) is 22.6 Å². The first-order valence-corrected chi connectivity index (χ1v) is 8.53. The average Bonchev–Trinajstić information content (AvgIpc) is 3.09. The van der Waals surface area contributed by atoms with Crippen molar-refractivity contribution in [2.24, 2.45) is 7.05 Å². The van der Waals surface area contributed by atoms with Crippen molar-refractivity contribution in [1.82, 2.24) is 24.7 Å². The lowest BCUT2D eigenvalue weighted by Gasteiger charge is -2.06. The van der Waals surface area contributed by atoms with Gasteiger partial charge in [-0.25, -0.2) is 4.98 Å². The summed E-state index contributed by atoms with van der Waals surface area (Å²) < 4.78 is 1.61. The largest absolute Gasteiger partial charge is 0.329 e. The molecule has 0 aliphatic rings. The molecule has 2 N–H and O–H groups in total. The summed E-state index contributed by atoms with van der Waals surface area (Å²) in [5.74, 6) is -0.378. The van der Waals surface area contributed by atoms with Gasteiger partial charge in [0.25, 0.3) is 5.91 Å². The number of aryl methyl sites for hydroxylation is 1. The van der Waals surface area contributed by atoms with E-state index in [1.54, 1.807) is 54.6 Å². The minimum Gasteiger partial charge on any atom is -0.329 e. The Labute approximate surface area is 159 Å². The molecule has 138 valence electrons. The molecule has 0 aliphatic heterocycles. The number of aromatic nitrogens is 5. The summed E-state index contributed by atoms with van der Waals surface area (Å²) in [6, 6.07) is 13.7. The van der Waals surface area contributed by atoms with Crippen molar-refractivity contribution in [3.05, 3.63) is 83.2 Å². The monoisotopic (exact) mass is 372 g/mol. The zero-order valence-corrected chi connectivity index (χ0v) is 15.0. The number of hydrogen-bond acceptors (Lipinski definition) is 5. The summed E-state index contributed by atoms with van der Waals surface area (Å²) in [5, 5.41) is 7.23. The van der Waals surface area contributed by atoms with Gasteiger partial charge in [0, 0.05) is 37.3 Å². The lowest BCUT2D eigenvalue weighted by Crippen LogP contribution is -2.14. The highest BCUT2D eigenvalue weighted by Crippen LogP contribution is 2.25. The molecule has 4 heterocycles. The highest BCUT2D eigenvalue weighted by molar-refractivity contribution is 6.04. The molecule has 0 fully saturated rings. The van der Waals surface area contributed by atoms with Gasteiger partial charge in [0.05, 0.1) is 17.1 Å². The third kappa shape index (κ3) is 3.56. The Morgan fingerprint density at radius 3 is 2.75 bits per heavy atom. The molecule has 0 aromatic carbocycles. The van der Waals surface area contributed by atoms with Crippen LogP contribution in [-0.4, -0.2) is 30.6 Å². The predicted molar refractivity (Wildman–Crippen MR) is 105 cm³/mol. The van der Waals surface area contributed by atoms with Crippen LogP contribution in [-0.2, 0) is 7.05 Å². The van der Waals surface area contributed by atoms with Crippen LogP contribution >= 0.6 is 0 Å². The molecule has 0 unspecified atom stereocenters. The van der Waals surface area contributed by atoms with Crippen molar-refractivity contribution in [2.75, 3.05) is 5.32 Å². The molecule has 28 heavy (non-hydrogen) atoms. The molecule has 0 bridgehead atoms. The number of nitrogens with one attached hydrogen (secondary N) is 2. The summed E-state index contributed by atoms with van der Waals surface area (Å²) in [4.78, 5) is 35.5. The topological polar surface area (TPSA) is 106 Å². The number of aromatic amines is 1. The van der Waals surface area contributed by atoms with E-state index >= 15 is 0 Å². The van der Waals surface area contributed by atoms with Crippen molar-refractivity contribution in [1.29, 1.82) is 0 Å².